The van der Waals surface area contributed by atoms with Gasteiger partial charge in [0.05, 0.1) is 11.5 Å². The monoisotopic (exact) mass is 377 g/mol. The van der Waals surface area contributed by atoms with Gasteiger partial charge in [0.2, 0.25) is 15.9 Å². The van der Waals surface area contributed by atoms with Gasteiger partial charge in [0, 0.05) is 25.0 Å². The Labute approximate surface area is 154 Å². The lowest BCUT2D eigenvalue weighted by Gasteiger charge is -2.19. The van der Waals surface area contributed by atoms with Crippen LogP contribution in [0.4, 0.5) is 5.69 Å². The van der Waals surface area contributed by atoms with Crippen molar-refractivity contribution in [3.05, 3.63) is 48.2 Å². The van der Waals surface area contributed by atoms with Gasteiger partial charge in [-0.3, -0.25) is 4.79 Å². The van der Waals surface area contributed by atoms with Crippen molar-refractivity contribution >= 4 is 21.6 Å². The number of benzene rings is 1. The molecule has 26 heavy (non-hydrogen) atoms. The summed E-state index contributed by atoms with van der Waals surface area (Å²) in [7, 11) is -3.60. The standard InChI is InChI=1S/C18H23N3O4S/c1-4-21(5-2)26(23,24)15-10-7-9-14(13-15)20-17(22)16-11-8-12-19-18(16)25-6-3/h7-13H,4-6H2,1-3H3,(H,20,22). The molecule has 1 amide bonds. The van der Waals surface area contributed by atoms with Gasteiger partial charge in [-0.1, -0.05) is 19.9 Å². The van der Waals surface area contributed by atoms with Crippen LogP contribution < -0.4 is 10.1 Å². The highest BCUT2D eigenvalue weighted by Crippen LogP contribution is 2.21. The van der Waals surface area contributed by atoms with Crippen molar-refractivity contribution in [1.29, 1.82) is 0 Å². The fraction of sp³-hybridized carbons (Fsp3) is 0.333. The van der Waals surface area contributed by atoms with Crippen molar-refractivity contribution in [3.63, 3.8) is 0 Å². The van der Waals surface area contributed by atoms with Gasteiger partial charge in [-0.15, -0.1) is 0 Å². The van der Waals surface area contributed by atoms with E-state index in [4.69, 9.17) is 4.74 Å². The van der Waals surface area contributed by atoms with E-state index in [9.17, 15) is 13.2 Å². The minimum atomic E-state index is -3.60. The highest BCUT2D eigenvalue weighted by molar-refractivity contribution is 7.89. The number of hydrogen-bond acceptors (Lipinski definition) is 5. The first-order valence-corrected chi connectivity index (χ1v) is 9.87. The zero-order valence-corrected chi connectivity index (χ0v) is 15.9. The fourth-order valence-corrected chi connectivity index (χ4v) is 3.97. The Hall–Kier alpha value is -2.45. The molecule has 0 spiro atoms. The van der Waals surface area contributed by atoms with Gasteiger partial charge < -0.3 is 10.1 Å². The molecule has 1 aromatic carbocycles. The Morgan fingerprint density at radius 2 is 1.88 bits per heavy atom. The Morgan fingerprint density at radius 3 is 2.54 bits per heavy atom. The molecular weight excluding hydrogens is 354 g/mol. The molecular formula is C18H23N3O4S. The van der Waals surface area contributed by atoms with Crippen molar-refractivity contribution in [3.8, 4) is 5.88 Å². The van der Waals surface area contributed by atoms with Crippen LogP contribution >= 0.6 is 0 Å². The average Bonchev–Trinajstić information content (AvgIpc) is 2.63. The maximum atomic E-state index is 12.6. The number of rotatable bonds is 8. The maximum absolute atomic E-state index is 12.6. The van der Waals surface area contributed by atoms with Gasteiger partial charge in [-0.25, -0.2) is 13.4 Å². The second-order valence-corrected chi connectivity index (χ2v) is 7.30. The van der Waals surface area contributed by atoms with E-state index in [-0.39, 0.29) is 16.3 Å². The van der Waals surface area contributed by atoms with E-state index in [1.54, 1.807) is 51.2 Å². The molecule has 0 atom stereocenters. The van der Waals surface area contributed by atoms with Crippen LogP contribution in [0, 0.1) is 0 Å². The number of aromatic nitrogens is 1. The van der Waals surface area contributed by atoms with Gasteiger partial charge >= 0.3 is 0 Å². The number of ether oxygens (including phenoxy) is 1. The molecule has 1 N–H and O–H groups in total. The minimum absolute atomic E-state index is 0.134. The van der Waals surface area contributed by atoms with Gasteiger partial charge in [-0.2, -0.15) is 4.31 Å². The lowest BCUT2D eigenvalue weighted by atomic mass is 10.2. The van der Waals surface area contributed by atoms with Crippen LogP contribution in [0.25, 0.3) is 0 Å². The number of nitrogens with zero attached hydrogens (tertiary/aromatic N) is 2. The Morgan fingerprint density at radius 1 is 1.15 bits per heavy atom. The SMILES string of the molecule is CCOc1ncccc1C(=O)Nc1cccc(S(=O)(=O)N(CC)CC)c1. The smallest absolute Gasteiger partial charge is 0.261 e. The molecule has 0 bridgehead atoms. The summed E-state index contributed by atoms with van der Waals surface area (Å²) in [5.41, 5.74) is 0.667. The summed E-state index contributed by atoms with van der Waals surface area (Å²) in [6, 6.07) is 9.43. The number of anilines is 1. The lowest BCUT2D eigenvalue weighted by Crippen LogP contribution is -2.30. The summed E-state index contributed by atoms with van der Waals surface area (Å²) >= 11 is 0. The number of sulfonamides is 1. The molecule has 0 unspecified atom stereocenters. The molecule has 7 nitrogen and oxygen atoms in total. The largest absolute Gasteiger partial charge is 0.477 e. The predicted octanol–water partition coefficient (Wildman–Crippen LogP) is 2.76. The summed E-state index contributed by atoms with van der Waals surface area (Å²) in [4.78, 5) is 16.7. The normalized spacial score (nSPS) is 11.4. The molecule has 0 aliphatic rings. The number of carbonyl (C=O) groups is 1. The molecule has 0 radical (unpaired) electrons. The van der Waals surface area contributed by atoms with Crippen LogP contribution in [0.15, 0.2) is 47.5 Å². The molecule has 0 saturated carbocycles. The number of nitrogens with one attached hydrogen (secondary N) is 1. The van der Waals surface area contributed by atoms with Crippen molar-refractivity contribution < 1.29 is 17.9 Å². The molecule has 1 heterocycles. The summed E-state index contributed by atoms with van der Waals surface area (Å²) in [6.07, 6.45) is 1.54. The Bertz CT molecular complexity index is 864. The van der Waals surface area contributed by atoms with Gasteiger partial charge in [0.1, 0.15) is 5.56 Å². The van der Waals surface area contributed by atoms with Gasteiger partial charge in [0.25, 0.3) is 5.91 Å². The van der Waals surface area contributed by atoms with Crippen LogP contribution in [-0.2, 0) is 10.0 Å². The molecule has 0 saturated heterocycles. The quantitative estimate of drug-likeness (QED) is 0.764. The van der Waals surface area contributed by atoms with E-state index < -0.39 is 15.9 Å². The molecule has 0 aliphatic carbocycles. The molecule has 1 aromatic heterocycles. The number of pyridine rings is 1. The third-order valence-corrected chi connectivity index (χ3v) is 5.78. The van der Waals surface area contributed by atoms with Crippen LogP contribution in [0.1, 0.15) is 31.1 Å². The first-order chi connectivity index (χ1) is 12.4. The summed E-state index contributed by atoms with van der Waals surface area (Å²) in [6.45, 7) is 6.51. The van der Waals surface area contributed by atoms with Gasteiger partial charge in [0.15, 0.2) is 0 Å². The van der Waals surface area contributed by atoms with Crippen LogP contribution in [0.2, 0.25) is 0 Å². The first-order valence-electron chi connectivity index (χ1n) is 8.43. The van der Waals surface area contributed by atoms with Crippen LogP contribution in [0.3, 0.4) is 0 Å². The molecule has 140 valence electrons. The minimum Gasteiger partial charge on any atom is -0.477 e. The van der Waals surface area contributed by atoms with Crippen molar-refractivity contribution in [1.82, 2.24) is 9.29 Å². The highest BCUT2D eigenvalue weighted by Gasteiger charge is 2.22. The lowest BCUT2D eigenvalue weighted by molar-refractivity contribution is 0.102. The topological polar surface area (TPSA) is 88.6 Å². The summed E-state index contributed by atoms with van der Waals surface area (Å²) in [5, 5.41) is 2.70. The third-order valence-electron chi connectivity index (χ3n) is 3.73. The fourth-order valence-electron chi connectivity index (χ4n) is 2.46. The van der Waals surface area contributed by atoms with Crippen LogP contribution in [-0.4, -0.2) is 43.3 Å². The van der Waals surface area contributed by atoms with Crippen molar-refractivity contribution in [2.45, 2.75) is 25.7 Å². The number of hydrogen-bond donors (Lipinski definition) is 1. The Kier molecular flexibility index (Phi) is 6.70. The predicted molar refractivity (Wildman–Crippen MR) is 99.9 cm³/mol. The number of amides is 1. The van der Waals surface area contributed by atoms with Crippen molar-refractivity contribution in [2.75, 3.05) is 25.0 Å². The second-order valence-electron chi connectivity index (χ2n) is 5.36. The third kappa shape index (κ3) is 4.39. The van der Waals surface area contributed by atoms with Gasteiger partial charge in [-0.05, 0) is 37.3 Å². The number of carbonyl (C=O) groups excluding carboxylic acids is 1. The molecule has 2 rings (SSSR count). The van der Waals surface area contributed by atoms with E-state index in [0.717, 1.165) is 0 Å². The molecule has 8 heteroatoms. The summed E-state index contributed by atoms with van der Waals surface area (Å²) < 4.78 is 32.0. The van der Waals surface area contributed by atoms with E-state index in [0.29, 0.717) is 25.4 Å². The van der Waals surface area contributed by atoms with Crippen molar-refractivity contribution in [2.24, 2.45) is 0 Å². The summed E-state index contributed by atoms with van der Waals surface area (Å²) in [5.74, 6) is -0.182. The zero-order valence-electron chi connectivity index (χ0n) is 15.1. The first kappa shape index (κ1) is 19.9. The molecule has 0 fully saturated rings. The second kappa shape index (κ2) is 8.77. The Balaban J connectivity index is 2.28. The van der Waals surface area contributed by atoms with E-state index in [2.05, 4.69) is 10.3 Å². The zero-order chi connectivity index (χ0) is 19.2. The van der Waals surface area contributed by atoms with E-state index in [1.165, 1.54) is 16.4 Å². The molecule has 0 aliphatic heterocycles. The maximum Gasteiger partial charge on any atom is 0.261 e. The van der Waals surface area contributed by atoms with Crippen LogP contribution in [0.5, 0.6) is 5.88 Å². The highest BCUT2D eigenvalue weighted by atomic mass is 32.2. The van der Waals surface area contributed by atoms with E-state index in [1.807, 2.05) is 0 Å². The molecule has 2 aromatic rings. The van der Waals surface area contributed by atoms with E-state index >= 15 is 0 Å². The average molecular weight is 377 g/mol.